The summed E-state index contributed by atoms with van der Waals surface area (Å²) in [6.07, 6.45) is 0.840. The predicted molar refractivity (Wildman–Crippen MR) is 45.2 cm³/mol. The molecular formula is C6H16N2O2S. The van der Waals surface area contributed by atoms with Gasteiger partial charge in [-0.1, -0.05) is 13.8 Å². The van der Waals surface area contributed by atoms with Gasteiger partial charge in [-0.05, 0) is 12.3 Å². The molecule has 11 heavy (non-hydrogen) atoms. The highest BCUT2D eigenvalue weighted by molar-refractivity contribution is 7.86. The van der Waals surface area contributed by atoms with Crippen molar-refractivity contribution in [1.29, 1.82) is 0 Å². The molecule has 0 aliphatic carbocycles. The van der Waals surface area contributed by atoms with Crippen molar-refractivity contribution >= 4 is 10.2 Å². The van der Waals surface area contributed by atoms with Crippen LogP contribution in [0.3, 0.4) is 0 Å². The Hall–Kier alpha value is -0.130. The van der Waals surface area contributed by atoms with Gasteiger partial charge in [-0.15, -0.1) is 0 Å². The van der Waals surface area contributed by atoms with Crippen molar-refractivity contribution in [2.45, 2.75) is 20.3 Å². The topological polar surface area (TPSA) is 63.4 Å². The predicted octanol–water partition coefficient (Wildman–Crippen LogP) is 0.168. The second-order valence-electron chi connectivity index (χ2n) is 3.05. The summed E-state index contributed by atoms with van der Waals surface area (Å²) in [6, 6.07) is 0. The third-order valence-corrected chi connectivity index (χ3v) is 2.51. The Morgan fingerprint density at radius 2 is 1.91 bits per heavy atom. The molecule has 0 rings (SSSR count). The minimum atomic E-state index is -3.47. The van der Waals surface area contributed by atoms with Crippen LogP contribution in [0.2, 0.25) is 0 Å². The van der Waals surface area contributed by atoms with E-state index < -0.39 is 10.2 Å². The van der Waals surface area contributed by atoms with Crippen LogP contribution in [0.5, 0.6) is 0 Å². The summed E-state index contributed by atoms with van der Waals surface area (Å²) in [7, 11) is -1.98. The van der Waals surface area contributed by atoms with E-state index in [1.165, 1.54) is 7.05 Å². The van der Waals surface area contributed by atoms with Gasteiger partial charge < -0.3 is 0 Å². The normalized spacial score (nSPS) is 12.9. The van der Waals surface area contributed by atoms with Gasteiger partial charge >= 0.3 is 0 Å². The molecule has 2 N–H and O–H groups in total. The van der Waals surface area contributed by atoms with Crippen molar-refractivity contribution in [3.8, 4) is 0 Å². The van der Waals surface area contributed by atoms with Crippen molar-refractivity contribution in [2.75, 3.05) is 13.6 Å². The average molecular weight is 180 g/mol. The van der Waals surface area contributed by atoms with E-state index in [-0.39, 0.29) is 0 Å². The van der Waals surface area contributed by atoms with Crippen LogP contribution in [0.25, 0.3) is 0 Å². The molecule has 0 aromatic carbocycles. The van der Waals surface area contributed by atoms with Gasteiger partial charge in [0.1, 0.15) is 0 Å². The lowest BCUT2D eigenvalue weighted by Crippen LogP contribution is -2.34. The minimum Gasteiger partial charge on any atom is -0.216 e. The second kappa shape index (κ2) is 4.04. The van der Waals surface area contributed by atoms with Crippen molar-refractivity contribution in [2.24, 2.45) is 11.1 Å². The Balaban J connectivity index is 3.81. The van der Waals surface area contributed by atoms with Gasteiger partial charge in [0, 0.05) is 13.6 Å². The molecule has 0 aromatic heterocycles. The molecule has 0 unspecified atom stereocenters. The molecule has 5 heteroatoms. The average Bonchev–Trinajstić information content (AvgIpc) is 1.80. The molecule has 0 saturated heterocycles. The van der Waals surface area contributed by atoms with Crippen molar-refractivity contribution in [1.82, 2.24) is 4.31 Å². The number of hydrogen-bond acceptors (Lipinski definition) is 2. The molecule has 0 bridgehead atoms. The van der Waals surface area contributed by atoms with Crippen LogP contribution in [0, 0.1) is 5.92 Å². The number of nitrogens with zero attached hydrogens (tertiary/aromatic N) is 1. The monoisotopic (exact) mass is 180 g/mol. The van der Waals surface area contributed by atoms with Crippen LogP contribution in [0.15, 0.2) is 0 Å². The lowest BCUT2D eigenvalue weighted by molar-refractivity contribution is 0.429. The fourth-order valence-electron chi connectivity index (χ4n) is 0.567. The quantitative estimate of drug-likeness (QED) is 0.670. The molecule has 0 atom stereocenters. The number of nitrogens with two attached hydrogens (primary N) is 1. The SMILES string of the molecule is CC(C)CCN(C)S(N)(=O)=O. The Morgan fingerprint density at radius 3 is 2.18 bits per heavy atom. The molecule has 0 amide bonds. The molecule has 0 heterocycles. The molecule has 0 saturated carbocycles. The van der Waals surface area contributed by atoms with E-state index in [4.69, 9.17) is 5.14 Å². The van der Waals surface area contributed by atoms with Crippen molar-refractivity contribution in [3.63, 3.8) is 0 Å². The second-order valence-corrected chi connectivity index (χ2v) is 4.70. The first-order valence-corrected chi connectivity index (χ1v) is 5.08. The van der Waals surface area contributed by atoms with Crippen LogP contribution in [-0.2, 0) is 10.2 Å². The molecule has 68 valence electrons. The van der Waals surface area contributed by atoms with E-state index in [1.54, 1.807) is 0 Å². The van der Waals surface area contributed by atoms with Crippen LogP contribution in [0.4, 0.5) is 0 Å². The molecule has 0 aliphatic rings. The van der Waals surface area contributed by atoms with E-state index >= 15 is 0 Å². The van der Waals surface area contributed by atoms with E-state index in [1.807, 2.05) is 13.8 Å². The first kappa shape index (κ1) is 10.9. The van der Waals surface area contributed by atoms with Crippen LogP contribution in [0.1, 0.15) is 20.3 Å². The first-order valence-electron chi connectivity index (χ1n) is 3.58. The fraction of sp³-hybridized carbons (Fsp3) is 1.00. The lowest BCUT2D eigenvalue weighted by Gasteiger charge is -2.14. The molecule has 0 radical (unpaired) electrons. The summed E-state index contributed by atoms with van der Waals surface area (Å²) < 4.78 is 22.5. The molecule has 0 aliphatic heterocycles. The van der Waals surface area contributed by atoms with E-state index in [0.29, 0.717) is 12.5 Å². The smallest absolute Gasteiger partial charge is 0.216 e. The molecule has 4 nitrogen and oxygen atoms in total. The van der Waals surface area contributed by atoms with Gasteiger partial charge in [-0.25, -0.2) is 5.14 Å². The fourth-order valence-corrected chi connectivity index (χ4v) is 0.927. The standard InChI is InChI=1S/C6H16N2O2S/c1-6(2)4-5-8(3)11(7,9)10/h6H,4-5H2,1-3H3,(H2,7,9,10). The van der Waals surface area contributed by atoms with Gasteiger partial charge in [-0.3, -0.25) is 0 Å². The van der Waals surface area contributed by atoms with Gasteiger partial charge in [0.25, 0.3) is 10.2 Å². The molecule has 0 aromatic rings. The maximum atomic E-state index is 10.6. The summed E-state index contributed by atoms with van der Waals surface area (Å²) in [5.74, 6) is 0.499. The van der Waals surface area contributed by atoms with Crippen molar-refractivity contribution in [3.05, 3.63) is 0 Å². The minimum absolute atomic E-state index is 0.497. The van der Waals surface area contributed by atoms with Gasteiger partial charge in [-0.2, -0.15) is 12.7 Å². The summed E-state index contributed by atoms with van der Waals surface area (Å²) in [5, 5.41) is 4.86. The molecule has 0 fully saturated rings. The summed E-state index contributed by atoms with van der Waals surface area (Å²) in [6.45, 7) is 4.57. The third kappa shape index (κ3) is 5.17. The Labute approximate surface area is 68.6 Å². The maximum Gasteiger partial charge on any atom is 0.276 e. The lowest BCUT2D eigenvalue weighted by atomic mass is 10.1. The Bertz CT molecular complexity index is 199. The van der Waals surface area contributed by atoms with Crippen LogP contribution < -0.4 is 5.14 Å². The first-order chi connectivity index (χ1) is 4.84. The summed E-state index contributed by atoms with van der Waals surface area (Å²) >= 11 is 0. The highest BCUT2D eigenvalue weighted by Crippen LogP contribution is 2.01. The van der Waals surface area contributed by atoms with Crippen molar-refractivity contribution < 1.29 is 8.42 Å². The van der Waals surface area contributed by atoms with Gasteiger partial charge in [0.2, 0.25) is 0 Å². The molecular weight excluding hydrogens is 164 g/mol. The Morgan fingerprint density at radius 1 is 1.45 bits per heavy atom. The van der Waals surface area contributed by atoms with Gasteiger partial charge in [0.15, 0.2) is 0 Å². The van der Waals surface area contributed by atoms with Crippen LogP contribution in [-0.4, -0.2) is 26.3 Å². The Kier molecular flexibility index (Phi) is 3.99. The summed E-state index contributed by atoms with van der Waals surface area (Å²) in [5.41, 5.74) is 0. The highest BCUT2D eigenvalue weighted by atomic mass is 32.2. The zero-order valence-electron chi connectivity index (χ0n) is 7.24. The zero-order valence-corrected chi connectivity index (χ0v) is 8.06. The maximum absolute atomic E-state index is 10.6. The van der Waals surface area contributed by atoms with Crippen LogP contribution >= 0.6 is 0 Å². The largest absolute Gasteiger partial charge is 0.276 e. The van der Waals surface area contributed by atoms with Gasteiger partial charge in [0.05, 0.1) is 0 Å². The number of hydrogen-bond donors (Lipinski definition) is 1. The summed E-state index contributed by atoms with van der Waals surface area (Å²) in [4.78, 5) is 0. The number of rotatable bonds is 4. The highest BCUT2D eigenvalue weighted by Gasteiger charge is 2.10. The third-order valence-electron chi connectivity index (χ3n) is 1.46. The molecule has 0 spiro atoms. The van der Waals surface area contributed by atoms with E-state index in [0.717, 1.165) is 10.7 Å². The zero-order chi connectivity index (χ0) is 9.07. The van der Waals surface area contributed by atoms with E-state index in [9.17, 15) is 8.42 Å². The van der Waals surface area contributed by atoms with E-state index in [2.05, 4.69) is 0 Å².